The molecule has 0 saturated carbocycles. The van der Waals surface area contributed by atoms with Crippen LogP contribution in [-0.2, 0) is 12.8 Å². The van der Waals surface area contributed by atoms with Crippen molar-refractivity contribution in [1.29, 1.82) is 0 Å². The van der Waals surface area contributed by atoms with Gasteiger partial charge in [0.1, 0.15) is 0 Å². The minimum atomic E-state index is 0.117. The quantitative estimate of drug-likeness (QED) is 0.376. The minimum Gasteiger partial charge on any atom is -0.289 e. The summed E-state index contributed by atoms with van der Waals surface area (Å²) in [7, 11) is 0. The van der Waals surface area contributed by atoms with Gasteiger partial charge in [0.25, 0.3) is 0 Å². The molecule has 142 valence electrons. The summed E-state index contributed by atoms with van der Waals surface area (Å²) in [5.74, 6) is 0.117. The van der Waals surface area contributed by atoms with Crippen LogP contribution in [0.5, 0.6) is 0 Å². The molecule has 0 radical (unpaired) electrons. The van der Waals surface area contributed by atoms with Crippen LogP contribution in [0.3, 0.4) is 0 Å². The molecule has 0 bridgehead atoms. The Bertz CT molecular complexity index is 1220. The lowest BCUT2D eigenvalue weighted by Crippen LogP contribution is -1.99. The Morgan fingerprint density at radius 2 is 1.66 bits per heavy atom. The second-order valence-corrected chi connectivity index (χ2v) is 9.19. The first-order valence-electron chi connectivity index (χ1n) is 9.63. The third-order valence-electron chi connectivity index (χ3n) is 5.37. The van der Waals surface area contributed by atoms with Gasteiger partial charge in [0.2, 0.25) is 0 Å². The molecule has 0 atom stereocenters. The van der Waals surface area contributed by atoms with Crippen LogP contribution in [-0.4, -0.2) is 10.8 Å². The Labute approximate surface area is 178 Å². The molecule has 0 fully saturated rings. The van der Waals surface area contributed by atoms with E-state index in [9.17, 15) is 4.79 Å². The van der Waals surface area contributed by atoms with Crippen LogP contribution in [0.1, 0.15) is 42.5 Å². The van der Waals surface area contributed by atoms with Gasteiger partial charge >= 0.3 is 0 Å². The second-order valence-electron chi connectivity index (χ2n) is 7.18. The molecule has 5 rings (SSSR count). The maximum absolute atomic E-state index is 13.5. The highest BCUT2D eigenvalue weighted by atomic mass is 32.1. The Balaban J connectivity index is 1.56. The molecule has 2 heterocycles. The van der Waals surface area contributed by atoms with Crippen molar-refractivity contribution in [3.63, 3.8) is 0 Å². The van der Waals surface area contributed by atoms with E-state index in [-0.39, 0.29) is 5.78 Å². The van der Waals surface area contributed by atoms with Gasteiger partial charge in [-0.3, -0.25) is 4.79 Å². The number of rotatable bonds is 5. The minimum absolute atomic E-state index is 0.117. The van der Waals surface area contributed by atoms with Crippen LogP contribution in [0.2, 0.25) is 0 Å². The predicted molar refractivity (Wildman–Crippen MR) is 122 cm³/mol. The largest absolute Gasteiger partial charge is 0.289 e. The number of hydrogen-bond acceptors (Lipinski definition) is 4. The highest BCUT2D eigenvalue weighted by Crippen LogP contribution is 2.44. The van der Waals surface area contributed by atoms with E-state index < -0.39 is 0 Å². The molecule has 0 aliphatic heterocycles. The van der Waals surface area contributed by atoms with E-state index >= 15 is 0 Å². The van der Waals surface area contributed by atoms with E-state index in [1.807, 2.05) is 29.1 Å². The number of nitrogens with zero attached hydrogens (tertiary/aromatic N) is 1. The van der Waals surface area contributed by atoms with Crippen LogP contribution >= 0.6 is 22.7 Å². The average molecular weight is 414 g/mol. The Morgan fingerprint density at radius 1 is 0.828 bits per heavy atom. The Hall–Kier alpha value is -2.82. The zero-order chi connectivity index (χ0) is 19.8. The van der Waals surface area contributed by atoms with Crippen LogP contribution in [0, 0.1) is 6.92 Å². The summed E-state index contributed by atoms with van der Waals surface area (Å²) in [6, 6.07) is 20.9. The Kier molecular flexibility index (Phi) is 4.74. The maximum Gasteiger partial charge on any atom is 0.195 e. The number of fused-ring (bicyclic) bond motifs is 1. The van der Waals surface area contributed by atoms with Crippen LogP contribution in [0.4, 0.5) is 0 Å². The average Bonchev–Trinajstić information content (AvgIpc) is 3.47. The molecule has 2 nitrogen and oxygen atoms in total. The van der Waals surface area contributed by atoms with Gasteiger partial charge in [-0.05, 0) is 54.0 Å². The molecule has 0 N–H and O–H groups in total. The van der Waals surface area contributed by atoms with E-state index in [0.29, 0.717) is 0 Å². The molecule has 2 aromatic heterocycles. The molecule has 0 unspecified atom stereocenters. The summed E-state index contributed by atoms with van der Waals surface area (Å²) in [4.78, 5) is 20.2. The van der Waals surface area contributed by atoms with E-state index in [1.54, 1.807) is 22.7 Å². The number of ketones is 1. The molecule has 1 aliphatic rings. The molecule has 1 aliphatic carbocycles. The first-order valence-corrected chi connectivity index (χ1v) is 11.4. The van der Waals surface area contributed by atoms with Crippen LogP contribution in [0.25, 0.3) is 11.1 Å². The van der Waals surface area contributed by atoms with Gasteiger partial charge in [0, 0.05) is 26.5 Å². The lowest BCUT2D eigenvalue weighted by atomic mass is 9.97. The number of thiazole rings is 1. The fourth-order valence-electron chi connectivity index (χ4n) is 3.92. The third kappa shape index (κ3) is 3.28. The second kappa shape index (κ2) is 7.54. The van der Waals surface area contributed by atoms with Gasteiger partial charge in [0.15, 0.2) is 5.78 Å². The summed E-state index contributed by atoms with van der Waals surface area (Å²) in [6.45, 7) is 2.07. The summed E-state index contributed by atoms with van der Waals surface area (Å²) in [5, 5.41) is 2.02. The SMILES string of the molecule is Cc1scnc1C1=C(c2cccs2)C(=O)c2cc(CCc3ccccc3)ccc21. The molecule has 0 amide bonds. The third-order valence-corrected chi connectivity index (χ3v) is 7.01. The topological polar surface area (TPSA) is 30.0 Å². The predicted octanol–water partition coefficient (Wildman–Crippen LogP) is 6.45. The first kappa shape index (κ1) is 18.2. The fourth-order valence-corrected chi connectivity index (χ4v) is 5.27. The number of carbonyl (C=O) groups is 1. The van der Waals surface area contributed by atoms with Crippen molar-refractivity contribution in [3.8, 4) is 0 Å². The van der Waals surface area contributed by atoms with Crippen molar-refractivity contribution in [2.75, 3.05) is 0 Å². The molecule has 2 aromatic carbocycles. The molecule has 4 heteroatoms. The van der Waals surface area contributed by atoms with Gasteiger partial charge in [-0.25, -0.2) is 4.98 Å². The number of benzene rings is 2. The summed E-state index contributed by atoms with van der Waals surface area (Å²) in [6.07, 6.45) is 1.89. The number of allylic oxidation sites excluding steroid dienone is 1. The summed E-state index contributed by atoms with van der Waals surface area (Å²) < 4.78 is 0. The number of aryl methyl sites for hydroxylation is 3. The maximum atomic E-state index is 13.5. The van der Waals surface area contributed by atoms with Crippen molar-refractivity contribution < 1.29 is 4.79 Å². The van der Waals surface area contributed by atoms with Crippen LogP contribution < -0.4 is 0 Å². The monoisotopic (exact) mass is 413 g/mol. The number of Topliss-reactive ketones (excluding diaryl/α,β-unsaturated/α-hetero) is 1. The van der Waals surface area contributed by atoms with Crippen LogP contribution in [0.15, 0.2) is 71.6 Å². The first-order chi connectivity index (χ1) is 14.2. The molecular formula is C25H19NOS2. The standard InChI is InChI=1S/C25H19NOS2/c1-16-24(26-15-29-16)22-19-12-11-18(10-9-17-6-3-2-4-7-17)14-20(19)25(27)23(22)21-8-5-13-28-21/h2-8,11-15H,9-10H2,1H3. The molecule has 0 saturated heterocycles. The zero-order valence-corrected chi connectivity index (χ0v) is 17.6. The lowest BCUT2D eigenvalue weighted by Gasteiger charge is -2.07. The van der Waals surface area contributed by atoms with E-state index in [1.165, 1.54) is 11.1 Å². The van der Waals surface area contributed by atoms with Crippen molar-refractivity contribution in [1.82, 2.24) is 4.98 Å². The number of thiophene rings is 1. The zero-order valence-electron chi connectivity index (χ0n) is 16.0. The highest BCUT2D eigenvalue weighted by Gasteiger charge is 2.33. The van der Waals surface area contributed by atoms with Gasteiger partial charge in [-0.2, -0.15) is 0 Å². The molecule has 4 aromatic rings. The van der Waals surface area contributed by atoms with Crippen molar-refractivity contribution in [3.05, 3.63) is 109 Å². The van der Waals surface area contributed by atoms with Crippen molar-refractivity contribution >= 4 is 39.6 Å². The lowest BCUT2D eigenvalue weighted by molar-refractivity contribution is 0.105. The van der Waals surface area contributed by atoms with Gasteiger partial charge < -0.3 is 0 Å². The van der Waals surface area contributed by atoms with Crippen molar-refractivity contribution in [2.45, 2.75) is 19.8 Å². The molecule has 29 heavy (non-hydrogen) atoms. The Morgan fingerprint density at radius 3 is 2.38 bits per heavy atom. The van der Waals surface area contributed by atoms with Crippen molar-refractivity contribution in [2.24, 2.45) is 0 Å². The fraction of sp³-hybridized carbons (Fsp3) is 0.120. The molecular weight excluding hydrogens is 394 g/mol. The summed E-state index contributed by atoms with van der Waals surface area (Å²) in [5.41, 5.74) is 8.91. The van der Waals surface area contributed by atoms with E-state index in [2.05, 4.69) is 54.4 Å². The van der Waals surface area contributed by atoms with Gasteiger partial charge in [-0.15, -0.1) is 22.7 Å². The smallest absolute Gasteiger partial charge is 0.195 e. The molecule has 0 spiro atoms. The number of hydrogen-bond donors (Lipinski definition) is 0. The van der Waals surface area contributed by atoms with E-state index in [0.717, 1.165) is 50.6 Å². The van der Waals surface area contributed by atoms with Gasteiger partial charge in [-0.1, -0.05) is 48.5 Å². The van der Waals surface area contributed by atoms with Gasteiger partial charge in [0.05, 0.1) is 11.2 Å². The number of aromatic nitrogens is 1. The highest BCUT2D eigenvalue weighted by molar-refractivity contribution is 7.12. The number of carbonyl (C=O) groups excluding carboxylic acids is 1. The summed E-state index contributed by atoms with van der Waals surface area (Å²) >= 11 is 3.23. The normalized spacial score (nSPS) is 13.2. The van der Waals surface area contributed by atoms with E-state index in [4.69, 9.17) is 0 Å².